The summed E-state index contributed by atoms with van der Waals surface area (Å²) in [5.41, 5.74) is 1.58. The van der Waals surface area contributed by atoms with Crippen LogP contribution in [0.25, 0.3) is 5.57 Å². The van der Waals surface area contributed by atoms with Gasteiger partial charge < -0.3 is 14.2 Å². The normalized spacial score (nSPS) is 19.7. The Labute approximate surface area is 174 Å². The molecule has 1 aromatic carbocycles. The number of piperazine rings is 1. The molecule has 2 aliphatic rings. The lowest BCUT2D eigenvalue weighted by atomic mass is 9.94. The number of nitrogens with zero attached hydrogens (tertiary/aromatic N) is 2. The van der Waals surface area contributed by atoms with Gasteiger partial charge in [0, 0.05) is 38.3 Å². The van der Waals surface area contributed by atoms with E-state index in [4.69, 9.17) is 14.2 Å². The minimum absolute atomic E-state index is 0.152. The van der Waals surface area contributed by atoms with Crippen LogP contribution < -0.4 is 9.47 Å². The van der Waals surface area contributed by atoms with Crippen LogP contribution in [0, 0.1) is 0 Å². The number of carbonyl (C=O) groups excluding carboxylic acids is 1. The maximum Gasteiger partial charge on any atom is 0.320 e. The van der Waals surface area contributed by atoms with Gasteiger partial charge in [-0.15, -0.1) is 0 Å². The standard InChI is InChI=1S/C23H34N2O4/c1-22(2,3)29-21(26)16-25-11-9-24(10-12-25)15-17-14-23(4,5)28-20-8-7-18(27-6)13-19(17)20/h7-8,13-14H,9-12,15-16H2,1-6H3. The fourth-order valence-corrected chi connectivity index (χ4v) is 3.82. The van der Waals surface area contributed by atoms with E-state index < -0.39 is 5.60 Å². The van der Waals surface area contributed by atoms with Crippen molar-refractivity contribution in [2.75, 3.05) is 46.4 Å². The van der Waals surface area contributed by atoms with E-state index in [-0.39, 0.29) is 11.6 Å². The van der Waals surface area contributed by atoms with Crippen molar-refractivity contribution in [3.63, 3.8) is 0 Å². The molecule has 0 amide bonds. The first-order valence-electron chi connectivity index (χ1n) is 10.3. The molecule has 0 N–H and O–H groups in total. The number of carbonyl (C=O) groups is 1. The Morgan fingerprint density at radius 2 is 1.79 bits per heavy atom. The van der Waals surface area contributed by atoms with Gasteiger partial charge in [-0.2, -0.15) is 0 Å². The number of esters is 1. The molecule has 6 heteroatoms. The van der Waals surface area contributed by atoms with Gasteiger partial charge in [-0.05, 0) is 64.5 Å². The number of benzene rings is 1. The molecule has 0 radical (unpaired) electrons. The van der Waals surface area contributed by atoms with Crippen molar-refractivity contribution in [2.24, 2.45) is 0 Å². The highest BCUT2D eigenvalue weighted by Gasteiger charge is 2.29. The molecule has 29 heavy (non-hydrogen) atoms. The summed E-state index contributed by atoms with van der Waals surface area (Å²) >= 11 is 0. The number of fused-ring (bicyclic) bond motifs is 1. The van der Waals surface area contributed by atoms with Crippen molar-refractivity contribution in [3.05, 3.63) is 29.8 Å². The fraction of sp³-hybridized carbons (Fsp3) is 0.609. The molecule has 0 saturated carbocycles. The molecular weight excluding hydrogens is 368 g/mol. The summed E-state index contributed by atoms with van der Waals surface area (Å²) < 4.78 is 17.0. The molecule has 6 nitrogen and oxygen atoms in total. The predicted octanol–water partition coefficient (Wildman–Crippen LogP) is 3.21. The van der Waals surface area contributed by atoms with E-state index in [1.165, 1.54) is 5.57 Å². The van der Waals surface area contributed by atoms with Gasteiger partial charge in [0.25, 0.3) is 0 Å². The van der Waals surface area contributed by atoms with E-state index in [0.717, 1.165) is 49.8 Å². The topological polar surface area (TPSA) is 51.2 Å². The molecule has 0 unspecified atom stereocenters. The summed E-state index contributed by atoms with van der Waals surface area (Å²) in [5, 5.41) is 0. The van der Waals surface area contributed by atoms with Crippen LogP contribution in [0.1, 0.15) is 40.2 Å². The molecule has 3 rings (SSSR count). The summed E-state index contributed by atoms with van der Waals surface area (Å²) in [6, 6.07) is 5.98. The van der Waals surface area contributed by atoms with Crippen LogP contribution in [0.4, 0.5) is 0 Å². The van der Waals surface area contributed by atoms with Gasteiger partial charge >= 0.3 is 5.97 Å². The smallest absolute Gasteiger partial charge is 0.320 e. The average Bonchev–Trinajstić information content (AvgIpc) is 2.60. The van der Waals surface area contributed by atoms with E-state index >= 15 is 0 Å². The summed E-state index contributed by atoms with van der Waals surface area (Å²) in [6.45, 7) is 14.6. The number of methoxy groups -OCH3 is 1. The second-order valence-electron chi connectivity index (χ2n) is 9.38. The predicted molar refractivity (Wildman–Crippen MR) is 114 cm³/mol. The molecule has 2 aliphatic heterocycles. The molecular formula is C23H34N2O4. The first-order chi connectivity index (χ1) is 13.5. The third-order valence-electron chi connectivity index (χ3n) is 5.06. The van der Waals surface area contributed by atoms with Crippen LogP contribution in [-0.4, -0.2) is 73.3 Å². The Bertz CT molecular complexity index is 772. The summed E-state index contributed by atoms with van der Waals surface area (Å²) in [6.07, 6.45) is 2.21. The van der Waals surface area contributed by atoms with Crippen molar-refractivity contribution in [1.82, 2.24) is 9.80 Å². The van der Waals surface area contributed by atoms with Crippen LogP contribution in [0.3, 0.4) is 0 Å². The number of rotatable bonds is 5. The maximum absolute atomic E-state index is 12.1. The van der Waals surface area contributed by atoms with E-state index in [0.29, 0.717) is 6.54 Å². The quantitative estimate of drug-likeness (QED) is 0.705. The van der Waals surface area contributed by atoms with Gasteiger partial charge in [-0.1, -0.05) is 0 Å². The Hall–Kier alpha value is -2.05. The van der Waals surface area contributed by atoms with E-state index in [2.05, 4.69) is 35.8 Å². The molecule has 0 aliphatic carbocycles. The van der Waals surface area contributed by atoms with E-state index in [1.54, 1.807) is 7.11 Å². The third kappa shape index (κ3) is 5.97. The van der Waals surface area contributed by atoms with E-state index in [1.807, 2.05) is 32.9 Å². The first-order valence-corrected chi connectivity index (χ1v) is 10.3. The average molecular weight is 403 g/mol. The summed E-state index contributed by atoms with van der Waals surface area (Å²) in [5.74, 6) is 1.58. The van der Waals surface area contributed by atoms with Gasteiger partial charge in [-0.25, -0.2) is 0 Å². The molecule has 1 fully saturated rings. The molecule has 0 aromatic heterocycles. The van der Waals surface area contributed by atoms with Crippen LogP contribution in [0.2, 0.25) is 0 Å². The van der Waals surface area contributed by atoms with Gasteiger partial charge in [-0.3, -0.25) is 14.6 Å². The van der Waals surface area contributed by atoms with Gasteiger partial charge in [0.1, 0.15) is 22.7 Å². The van der Waals surface area contributed by atoms with Crippen LogP contribution in [0.15, 0.2) is 24.3 Å². The number of hydrogen-bond acceptors (Lipinski definition) is 6. The fourth-order valence-electron chi connectivity index (χ4n) is 3.82. The molecule has 0 spiro atoms. The largest absolute Gasteiger partial charge is 0.497 e. The Kier molecular flexibility index (Phi) is 6.24. The minimum atomic E-state index is -0.435. The first kappa shape index (κ1) is 21.7. The van der Waals surface area contributed by atoms with Crippen molar-refractivity contribution in [1.29, 1.82) is 0 Å². The Morgan fingerprint density at radius 3 is 2.41 bits per heavy atom. The molecule has 1 aromatic rings. The second kappa shape index (κ2) is 8.36. The SMILES string of the molecule is COc1ccc2c(c1)C(CN1CCN(CC(=O)OC(C)(C)C)CC1)=CC(C)(C)O2. The summed E-state index contributed by atoms with van der Waals surface area (Å²) in [7, 11) is 1.68. The van der Waals surface area contributed by atoms with E-state index in [9.17, 15) is 4.79 Å². The third-order valence-corrected chi connectivity index (χ3v) is 5.06. The zero-order valence-electron chi connectivity index (χ0n) is 18.6. The molecule has 1 saturated heterocycles. The van der Waals surface area contributed by atoms with Crippen molar-refractivity contribution in [3.8, 4) is 11.5 Å². The molecule has 0 bridgehead atoms. The van der Waals surface area contributed by atoms with Crippen molar-refractivity contribution in [2.45, 2.75) is 45.8 Å². The highest BCUT2D eigenvalue weighted by Crippen LogP contribution is 2.38. The van der Waals surface area contributed by atoms with Crippen LogP contribution >= 0.6 is 0 Å². The second-order valence-corrected chi connectivity index (χ2v) is 9.38. The monoisotopic (exact) mass is 402 g/mol. The number of ether oxygens (including phenoxy) is 3. The Balaban J connectivity index is 1.61. The van der Waals surface area contributed by atoms with Gasteiger partial charge in [0.2, 0.25) is 0 Å². The van der Waals surface area contributed by atoms with Crippen molar-refractivity contribution < 1.29 is 19.0 Å². The minimum Gasteiger partial charge on any atom is -0.497 e. The Morgan fingerprint density at radius 1 is 1.14 bits per heavy atom. The lowest BCUT2D eigenvalue weighted by Gasteiger charge is -2.37. The molecule has 160 valence electrons. The maximum atomic E-state index is 12.1. The molecule has 0 atom stereocenters. The van der Waals surface area contributed by atoms with Gasteiger partial charge in [0.05, 0.1) is 13.7 Å². The van der Waals surface area contributed by atoms with Gasteiger partial charge in [0.15, 0.2) is 0 Å². The highest BCUT2D eigenvalue weighted by atomic mass is 16.6. The summed E-state index contributed by atoms with van der Waals surface area (Å²) in [4.78, 5) is 16.7. The van der Waals surface area contributed by atoms with Crippen LogP contribution in [0.5, 0.6) is 11.5 Å². The van der Waals surface area contributed by atoms with Crippen LogP contribution in [-0.2, 0) is 9.53 Å². The lowest BCUT2D eigenvalue weighted by molar-refractivity contribution is -0.156. The zero-order valence-corrected chi connectivity index (χ0v) is 18.6. The highest BCUT2D eigenvalue weighted by molar-refractivity contribution is 5.75. The van der Waals surface area contributed by atoms with Crippen molar-refractivity contribution >= 4 is 11.5 Å². The number of hydrogen-bond donors (Lipinski definition) is 0. The molecule has 2 heterocycles. The zero-order chi connectivity index (χ0) is 21.2. The lowest BCUT2D eigenvalue weighted by Crippen LogP contribution is -2.49.